The van der Waals surface area contributed by atoms with Crippen LogP contribution < -0.4 is 10.9 Å². The molecule has 1 amide bonds. The Kier molecular flexibility index (Phi) is 6.20. The van der Waals surface area contributed by atoms with Crippen molar-refractivity contribution in [3.05, 3.63) is 109 Å². The normalized spacial score (nSPS) is 10.7. The topological polar surface area (TPSA) is 62.0 Å². The highest BCUT2D eigenvalue weighted by Gasteiger charge is 2.19. The minimum Gasteiger partial charge on any atom is -0.322 e. The number of carbonyl (C=O) groups excluding carboxylic acids is 1. The van der Waals surface area contributed by atoms with Crippen molar-refractivity contribution in [2.75, 3.05) is 5.32 Å². The second kappa shape index (κ2) is 9.04. The first kappa shape index (κ1) is 21.3. The average molecular weight is 538 g/mol. The van der Waals surface area contributed by atoms with Crippen LogP contribution >= 0.6 is 31.9 Å². The first-order valence-corrected chi connectivity index (χ1v) is 11.2. The van der Waals surface area contributed by atoms with Gasteiger partial charge in [0.2, 0.25) is 0 Å². The van der Waals surface area contributed by atoms with Crippen LogP contribution in [0.3, 0.4) is 0 Å². The van der Waals surface area contributed by atoms with Gasteiger partial charge in [0.25, 0.3) is 11.5 Å². The number of pyridine rings is 1. The fourth-order valence-electron chi connectivity index (χ4n) is 3.26. The van der Waals surface area contributed by atoms with Crippen LogP contribution in [0.15, 0.2) is 92.6 Å². The Morgan fingerprint density at radius 2 is 1.35 bits per heavy atom. The lowest BCUT2D eigenvalue weighted by molar-refractivity contribution is 0.102. The lowest BCUT2D eigenvalue weighted by Gasteiger charge is -2.13. The molecule has 1 heterocycles. The molecule has 0 fully saturated rings. The molecule has 0 atom stereocenters. The summed E-state index contributed by atoms with van der Waals surface area (Å²) < 4.78 is 1.86. The summed E-state index contributed by atoms with van der Waals surface area (Å²) in [5.41, 5.74) is 4.19. The summed E-state index contributed by atoms with van der Waals surface area (Å²) in [7, 11) is 0. The first-order chi connectivity index (χ1) is 14.9. The third-order valence-electron chi connectivity index (χ3n) is 4.88. The molecule has 4 nitrogen and oxygen atoms in total. The van der Waals surface area contributed by atoms with E-state index in [1.165, 1.54) is 0 Å². The van der Waals surface area contributed by atoms with Crippen molar-refractivity contribution >= 4 is 43.5 Å². The fraction of sp³-hybridized carbons (Fsp3) is 0.0400. The Hall–Kier alpha value is -2.96. The number of nitrogens with one attached hydrogen (secondary N) is 2. The maximum atomic E-state index is 13.1. The van der Waals surface area contributed by atoms with E-state index in [9.17, 15) is 9.59 Å². The zero-order valence-corrected chi connectivity index (χ0v) is 19.7. The molecule has 2 N–H and O–H groups in total. The number of aryl methyl sites for hydroxylation is 1. The summed E-state index contributed by atoms with van der Waals surface area (Å²) in [5, 5.41) is 2.84. The Balaban J connectivity index is 1.83. The fourth-order valence-corrected chi connectivity index (χ4v) is 3.79. The third kappa shape index (κ3) is 4.86. The van der Waals surface area contributed by atoms with E-state index in [1.54, 1.807) is 0 Å². The molecule has 0 unspecified atom stereocenters. The largest absolute Gasteiger partial charge is 0.322 e. The van der Waals surface area contributed by atoms with Crippen molar-refractivity contribution in [3.63, 3.8) is 0 Å². The summed E-state index contributed by atoms with van der Waals surface area (Å²) in [6.45, 7) is 1.97. The van der Waals surface area contributed by atoms with Gasteiger partial charge in [0.05, 0.1) is 0 Å². The quantitative estimate of drug-likeness (QED) is 0.301. The summed E-state index contributed by atoms with van der Waals surface area (Å²) in [6.07, 6.45) is 0. The molecule has 0 bridgehead atoms. The van der Waals surface area contributed by atoms with Crippen LogP contribution in [0, 0.1) is 6.92 Å². The number of aromatic amines is 1. The van der Waals surface area contributed by atoms with Crippen molar-refractivity contribution in [2.24, 2.45) is 0 Å². The molecule has 31 heavy (non-hydrogen) atoms. The zero-order valence-electron chi connectivity index (χ0n) is 16.6. The summed E-state index contributed by atoms with van der Waals surface area (Å²) in [6, 6.07) is 24.5. The van der Waals surface area contributed by atoms with E-state index in [4.69, 9.17) is 0 Å². The predicted molar refractivity (Wildman–Crippen MR) is 132 cm³/mol. The number of anilines is 1. The number of halogens is 2. The number of hydrogen-bond donors (Lipinski definition) is 2. The van der Waals surface area contributed by atoms with E-state index < -0.39 is 11.5 Å². The molecule has 4 aromatic rings. The molecule has 154 valence electrons. The van der Waals surface area contributed by atoms with Crippen molar-refractivity contribution in [1.29, 1.82) is 0 Å². The van der Waals surface area contributed by atoms with Crippen molar-refractivity contribution in [2.45, 2.75) is 6.92 Å². The highest BCUT2D eigenvalue weighted by atomic mass is 79.9. The van der Waals surface area contributed by atoms with Crippen molar-refractivity contribution in [3.8, 4) is 22.4 Å². The SMILES string of the molecule is Cc1ccc(NC(=O)c2c(-c3ccc(Br)cc3)cc(-c3ccc(Br)cc3)[nH]c2=O)cc1. The van der Waals surface area contributed by atoms with Crippen LogP contribution in [0.5, 0.6) is 0 Å². The minimum atomic E-state index is -0.453. The lowest BCUT2D eigenvalue weighted by Crippen LogP contribution is -2.25. The van der Waals surface area contributed by atoms with Gasteiger partial charge in [-0.1, -0.05) is 73.8 Å². The molecular weight excluding hydrogens is 520 g/mol. The number of rotatable bonds is 4. The van der Waals surface area contributed by atoms with Crippen LogP contribution in [0.25, 0.3) is 22.4 Å². The van der Waals surface area contributed by atoms with Crippen LogP contribution in [-0.4, -0.2) is 10.9 Å². The standard InChI is InChI=1S/C25H18Br2N2O2/c1-15-2-12-20(13-3-15)28-24(30)23-21(16-4-8-18(26)9-5-16)14-22(29-25(23)31)17-6-10-19(27)11-7-17/h2-14H,1H3,(H,28,30)(H,29,31). The Labute approximate surface area is 196 Å². The third-order valence-corrected chi connectivity index (χ3v) is 5.94. The smallest absolute Gasteiger partial charge is 0.261 e. The van der Waals surface area contributed by atoms with E-state index in [-0.39, 0.29) is 5.56 Å². The minimum absolute atomic E-state index is 0.0729. The highest BCUT2D eigenvalue weighted by molar-refractivity contribution is 9.10. The molecule has 0 aliphatic carbocycles. The molecule has 0 aliphatic rings. The monoisotopic (exact) mass is 536 g/mol. The molecule has 0 saturated carbocycles. The van der Waals surface area contributed by atoms with Crippen LogP contribution in [0.2, 0.25) is 0 Å². The highest BCUT2D eigenvalue weighted by Crippen LogP contribution is 2.28. The molecule has 0 spiro atoms. The summed E-state index contributed by atoms with van der Waals surface area (Å²) >= 11 is 6.86. The van der Waals surface area contributed by atoms with Crippen LogP contribution in [-0.2, 0) is 0 Å². The summed E-state index contributed by atoms with van der Waals surface area (Å²) in [5.74, 6) is -0.453. The van der Waals surface area contributed by atoms with Gasteiger partial charge in [0, 0.05) is 25.9 Å². The molecule has 6 heteroatoms. The molecule has 0 saturated heterocycles. The number of aromatic nitrogens is 1. The van der Waals surface area contributed by atoms with Gasteiger partial charge in [-0.05, 0) is 60.5 Å². The second-order valence-electron chi connectivity index (χ2n) is 7.13. The van der Waals surface area contributed by atoms with E-state index in [2.05, 4.69) is 42.2 Å². The number of carbonyl (C=O) groups is 1. The number of amides is 1. The second-order valence-corrected chi connectivity index (χ2v) is 8.97. The van der Waals surface area contributed by atoms with Gasteiger partial charge in [0.1, 0.15) is 5.56 Å². The zero-order chi connectivity index (χ0) is 22.0. The van der Waals surface area contributed by atoms with Gasteiger partial charge in [-0.3, -0.25) is 9.59 Å². The molecule has 0 aliphatic heterocycles. The molecular formula is C25H18Br2N2O2. The van der Waals surface area contributed by atoms with Crippen LogP contribution in [0.1, 0.15) is 15.9 Å². The maximum Gasteiger partial charge on any atom is 0.261 e. The van der Waals surface area contributed by atoms with Crippen molar-refractivity contribution in [1.82, 2.24) is 4.98 Å². The van der Waals surface area contributed by atoms with Crippen LogP contribution in [0.4, 0.5) is 5.69 Å². The predicted octanol–water partition coefficient (Wildman–Crippen LogP) is 6.79. The molecule has 0 radical (unpaired) electrons. The van der Waals surface area contributed by atoms with E-state index >= 15 is 0 Å². The Morgan fingerprint density at radius 3 is 1.94 bits per heavy atom. The molecule has 1 aromatic heterocycles. The van der Waals surface area contributed by atoms with Gasteiger partial charge in [0.15, 0.2) is 0 Å². The van der Waals surface area contributed by atoms with E-state index in [1.807, 2.05) is 85.8 Å². The first-order valence-electron chi connectivity index (χ1n) is 9.58. The Morgan fingerprint density at radius 1 is 0.806 bits per heavy atom. The van der Waals surface area contributed by atoms with Gasteiger partial charge in [-0.2, -0.15) is 0 Å². The molecule has 4 rings (SSSR count). The maximum absolute atomic E-state index is 13.1. The van der Waals surface area contributed by atoms with Crippen molar-refractivity contribution < 1.29 is 4.79 Å². The number of benzene rings is 3. The van der Waals surface area contributed by atoms with Gasteiger partial charge in [-0.15, -0.1) is 0 Å². The van der Waals surface area contributed by atoms with Gasteiger partial charge in [-0.25, -0.2) is 0 Å². The number of hydrogen-bond acceptors (Lipinski definition) is 2. The van der Waals surface area contributed by atoms with Gasteiger partial charge < -0.3 is 10.3 Å². The average Bonchev–Trinajstić information content (AvgIpc) is 2.76. The number of H-pyrrole nitrogens is 1. The van der Waals surface area contributed by atoms with E-state index in [0.29, 0.717) is 16.9 Å². The Bertz CT molecular complexity index is 1290. The van der Waals surface area contributed by atoms with E-state index in [0.717, 1.165) is 25.6 Å². The lowest BCUT2D eigenvalue weighted by atomic mass is 9.98. The van der Waals surface area contributed by atoms with Gasteiger partial charge >= 0.3 is 0 Å². The molecule has 3 aromatic carbocycles. The summed E-state index contributed by atoms with van der Waals surface area (Å²) in [4.78, 5) is 29.1.